The molecular weight excluding hydrogens is 338 g/mol. The Labute approximate surface area is 154 Å². The highest BCUT2D eigenvalue weighted by Crippen LogP contribution is 2.15. The van der Waals surface area contributed by atoms with E-state index in [1.165, 1.54) is 5.69 Å². The van der Waals surface area contributed by atoms with E-state index in [1.54, 1.807) is 0 Å². The van der Waals surface area contributed by atoms with Crippen molar-refractivity contribution in [3.05, 3.63) is 47.3 Å². The fourth-order valence-corrected chi connectivity index (χ4v) is 3.08. The maximum Gasteiger partial charge on any atom is 0.272 e. The fourth-order valence-electron chi connectivity index (χ4n) is 3.08. The molecule has 6 nitrogen and oxygen atoms in total. The molecular formula is C18H26ClN5O. The SMILES string of the molecule is CCN(CCCNC(=O)c1n[nH]c2c1CNCC2)c1ccccc1.Cl. The lowest BCUT2D eigenvalue weighted by Crippen LogP contribution is -2.31. The van der Waals surface area contributed by atoms with Gasteiger partial charge in [0.05, 0.1) is 0 Å². The Bertz CT molecular complexity index is 673. The second-order valence-corrected chi connectivity index (χ2v) is 5.98. The number of hydrogen-bond acceptors (Lipinski definition) is 4. The number of aromatic amines is 1. The molecule has 3 rings (SSSR count). The zero-order valence-corrected chi connectivity index (χ0v) is 15.4. The average Bonchev–Trinajstić information content (AvgIpc) is 3.06. The molecule has 0 aliphatic carbocycles. The van der Waals surface area contributed by atoms with Gasteiger partial charge in [-0.05, 0) is 25.5 Å². The van der Waals surface area contributed by atoms with Crippen molar-refractivity contribution < 1.29 is 4.79 Å². The summed E-state index contributed by atoms with van der Waals surface area (Å²) in [6.45, 7) is 6.32. The van der Waals surface area contributed by atoms with Gasteiger partial charge in [-0.25, -0.2) is 0 Å². The number of amides is 1. The number of benzene rings is 1. The quantitative estimate of drug-likeness (QED) is 0.659. The van der Waals surface area contributed by atoms with E-state index in [9.17, 15) is 4.79 Å². The van der Waals surface area contributed by atoms with Crippen molar-refractivity contribution in [3.63, 3.8) is 0 Å². The first kappa shape index (κ1) is 19.3. The van der Waals surface area contributed by atoms with Crippen LogP contribution in [0.5, 0.6) is 0 Å². The highest BCUT2D eigenvalue weighted by atomic mass is 35.5. The summed E-state index contributed by atoms with van der Waals surface area (Å²) in [6, 6.07) is 10.4. The summed E-state index contributed by atoms with van der Waals surface area (Å²) in [5.41, 5.74) is 3.85. The summed E-state index contributed by atoms with van der Waals surface area (Å²) in [4.78, 5) is 14.6. The predicted octanol–water partition coefficient (Wildman–Crippen LogP) is 2.12. The van der Waals surface area contributed by atoms with Gasteiger partial charge in [0.2, 0.25) is 0 Å². The van der Waals surface area contributed by atoms with Crippen LogP contribution in [0.25, 0.3) is 0 Å². The Morgan fingerprint density at radius 3 is 2.88 bits per heavy atom. The topological polar surface area (TPSA) is 73.0 Å². The van der Waals surface area contributed by atoms with Crippen molar-refractivity contribution in [2.45, 2.75) is 26.3 Å². The van der Waals surface area contributed by atoms with Crippen LogP contribution >= 0.6 is 12.4 Å². The monoisotopic (exact) mass is 363 g/mol. The lowest BCUT2D eigenvalue weighted by molar-refractivity contribution is 0.0947. The van der Waals surface area contributed by atoms with E-state index < -0.39 is 0 Å². The number of nitrogens with one attached hydrogen (secondary N) is 3. The van der Waals surface area contributed by atoms with Crippen LogP contribution in [0.3, 0.4) is 0 Å². The minimum absolute atomic E-state index is 0. The van der Waals surface area contributed by atoms with E-state index in [-0.39, 0.29) is 18.3 Å². The normalized spacial score (nSPS) is 12.8. The van der Waals surface area contributed by atoms with Gasteiger partial charge in [-0.2, -0.15) is 5.10 Å². The molecule has 1 amide bonds. The molecule has 0 fully saturated rings. The first-order valence-corrected chi connectivity index (χ1v) is 8.64. The van der Waals surface area contributed by atoms with Crippen LogP contribution in [0.2, 0.25) is 0 Å². The fraction of sp³-hybridized carbons (Fsp3) is 0.444. The van der Waals surface area contributed by atoms with Crippen LogP contribution in [0.1, 0.15) is 35.1 Å². The molecule has 1 aromatic heterocycles. The van der Waals surface area contributed by atoms with Gasteiger partial charge in [-0.15, -0.1) is 12.4 Å². The van der Waals surface area contributed by atoms with Crippen LogP contribution in [0.15, 0.2) is 30.3 Å². The average molecular weight is 364 g/mol. The number of carbonyl (C=O) groups excluding carboxylic acids is 1. The third kappa shape index (κ3) is 4.74. The van der Waals surface area contributed by atoms with E-state index in [4.69, 9.17) is 0 Å². The number of halogens is 1. The molecule has 0 saturated heterocycles. The van der Waals surface area contributed by atoms with Crippen molar-refractivity contribution in [2.24, 2.45) is 0 Å². The molecule has 0 atom stereocenters. The third-order valence-corrected chi connectivity index (χ3v) is 4.41. The van der Waals surface area contributed by atoms with Crippen molar-refractivity contribution in [3.8, 4) is 0 Å². The molecule has 136 valence electrons. The molecule has 2 heterocycles. The van der Waals surface area contributed by atoms with Crippen LogP contribution < -0.4 is 15.5 Å². The minimum atomic E-state index is -0.0843. The van der Waals surface area contributed by atoms with Gasteiger partial charge in [0.25, 0.3) is 5.91 Å². The number of aromatic nitrogens is 2. The molecule has 0 bridgehead atoms. The van der Waals surface area contributed by atoms with Crippen molar-refractivity contribution in [1.29, 1.82) is 0 Å². The molecule has 7 heteroatoms. The second kappa shape index (κ2) is 9.44. The molecule has 0 spiro atoms. The largest absolute Gasteiger partial charge is 0.372 e. The first-order chi connectivity index (χ1) is 11.8. The number of rotatable bonds is 7. The van der Waals surface area contributed by atoms with Crippen LogP contribution in [0, 0.1) is 0 Å². The summed E-state index contributed by atoms with van der Waals surface area (Å²) in [5, 5.41) is 13.4. The number of hydrogen-bond donors (Lipinski definition) is 3. The number of carbonyl (C=O) groups is 1. The maximum atomic E-state index is 12.3. The maximum absolute atomic E-state index is 12.3. The van der Waals surface area contributed by atoms with Crippen molar-refractivity contribution in [2.75, 3.05) is 31.1 Å². The van der Waals surface area contributed by atoms with E-state index in [2.05, 4.69) is 56.9 Å². The Kier molecular flexibility index (Phi) is 7.28. The number of fused-ring (bicyclic) bond motifs is 1. The summed E-state index contributed by atoms with van der Waals surface area (Å²) >= 11 is 0. The summed E-state index contributed by atoms with van der Waals surface area (Å²) in [7, 11) is 0. The predicted molar refractivity (Wildman–Crippen MR) is 103 cm³/mol. The van der Waals surface area contributed by atoms with E-state index in [1.807, 2.05) is 6.07 Å². The zero-order valence-electron chi connectivity index (χ0n) is 14.5. The van der Waals surface area contributed by atoms with Gasteiger partial charge in [0.15, 0.2) is 5.69 Å². The Balaban J connectivity index is 0.00000225. The van der Waals surface area contributed by atoms with E-state index in [0.29, 0.717) is 18.8 Å². The minimum Gasteiger partial charge on any atom is -0.372 e. The summed E-state index contributed by atoms with van der Waals surface area (Å²) in [5.74, 6) is -0.0843. The molecule has 0 radical (unpaired) electrons. The van der Waals surface area contributed by atoms with E-state index >= 15 is 0 Å². The van der Waals surface area contributed by atoms with Crippen LogP contribution in [-0.4, -0.2) is 42.3 Å². The molecule has 3 N–H and O–H groups in total. The molecule has 1 aliphatic rings. The van der Waals surface area contributed by atoms with Crippen molar-refractivity contribution >= 4 is 24.0 Å². The van der Waals surface area contributed by atoms with Crippen molar-refractivity contribution in [1.82, 2.24) is 20.8 Å². The van der Waals surface area contributed by atoms with Gasteiger partial charge < -0.3 is 15.5 Å². The highest BCUT2D eigenvalue weighted by Gasteiger charge is 2.21. The smallest absolute Gasteiger partial charge is 0.272 e. The standard InChI is InChI=1S/C18H25N5O.ClH/c1-2-23(14-7-4-3-5-8-14)12-6-10-20-18(24)17-15-13-19-11-9-16(15)21-22-17;/h3-5,7-8,19H,2,6,9-13H2,1H3,(H,20,24)(H,21,22);1H. The molecule has 2 aromatic rings. The number of nitrogens with zero attached hydrogens (tertiary/aromatic N) is 2. The first-order valence-electron chi connectivity index (χ1n) is 8.64. The summed E-state index contributed by atoms with van der Waals surface area (Å²) < 4.78 is 0. The van der Waals surface area contributed by atoms with Gasteiger partial charge in [-0.3, -0.25) is 9.89 Å². The van der Waals surface area contributed by atoms with Crippen LogP contribution in [-0.2, 0) is 13.0 Å². The highest BCUT2D eigenvalue weighted by molar-refractivity contribution is 5.94. The number of anilines is 1. The molecule has 1 aromatic carbocycles. The second-order valence-electron chi connectivity index (χ2n) is 5.98. The van der Waals surface area contributed by atoms with Gasteiger partial charge in [0, 0.05) is 56.1 Å². The van der Waals surface area contributed by atoms with Crippen LogP contribution in [0.4, 0.5) is 5.69 Å². The lowest BCUT2D eigenvalue weighted by atomic mass is 10.1. The molecule has 25 heavy (non-hydrogen) atoms. The molecule has 0 saturated carbocycles. The zero-order chi connectivity index (χ0) is 16.8. The lowest BCUT2D eigenvalue weighted by Gasteiger charge is -2.23. The van der Waals surface area contributed by atoms with Gasteiger partial charge >= 0.3 is 0 Å². The Hall–Kier alpha value is -2.05. The van der Waals surface area contributed by atoms with Gasteiger partial charge in [0.1, 0.15) is 0 Å². The molecule has 0 unspecified atom stereocenters. The molecule has 1 aliphatic heterocycles. The Morgan fingerprint density at radius 1 is 1.32 bits per heavy atom. The van der Waals surface area contributed by atoms with Gasteiger partial charge in [-0.1, -0.05) is 18.2 Å². The summed E-state index contributed by atoms with van der Waals surface area (Å²) in [6.07, 6.45) is 1.80. The third-order valence-electron chi connectivity index (χ3n) is 4.41. The number of para-hydroxylation sites is 1. The van der Waals surface area contributed by atoms with E-state index in [0.717, 1.165) is 43.7 Å². The Morgan fingerprint density at radius 2 is 2.12 bits per heavy atom. The number of H-pyrrole nitrogens is 1.